The smallest absolute Gasteiger partial charge is 0.322 e. The summed E-state index contributed by atoms with van der Waals surface area (Å²) in [6, 6.07) is -7.80. The number of benzene rings is 1. The lowest BCUT2D eigenvalue weighted by molar-refractivity contribution is -0.153. The Morgan fingerprint density at radius 1 is 0.562 bits per heavy atom. The van der Waals surface area contributed by atoms with Gasteiger partial charge in [0.15, 0.2) is 0 Å². The van der Waals surface area contributed by atoms with Crippen molar-refractivity contribution in [3.8, 4) is 0 Å². The fourth-order valence-electron chi connectivity index (χ4n) is 9.33. The average Bonchev–Trinajstić information content (AvgIpc) is 3.62. The summed E-state index contributed by atoms with van der Waals surface area (Å²) in [6.07, 6.45) is -2.33. The maximum atomic E-state index is 14.7. The summed E-state index contributed by atoms with van der Waals surface area (Å²) in [4.78, 5) is 168. The van der Waals surface area contributed by atoms with Gasteiger partial charge in [0.1, 0.15) is 72.6 Å². The largest absolute Gasteiger partial charge is 0.459 e. The molecular weight excluding hydrogens is 1160 g/mol. The van der Waals surface area contributed by atoms with Crippen LogP contribution in [-0.2, 0) is 68.7 Å². The minimum absolute atomic E-state index is 0.0334. The molecule has 13 atom stereocenters. The number of ether oxygens (including phenoxy) is 1. The third kappa shape index (κ3) is 28.3. The number of hydrogen-bond donors (Lipinski definition) is 18. The second-order valence-electron chi connectivity index (χ2n) is 23.1. The summed E-state index contributed by atoms with van der Waals surface area (Å²) < 4.78 is 5.44. The van der Waals surface area contributed by atoms with Crippen LogP contribution in [0.25, 0.3) is 0 Å². The number of aliphatic hydroxyl groups is 1. The molecule has 0 aliphatic carbocycles. The van der Waals surface area contributed by atoms with Crippen LogP contribution in [0.1, 0.15) is 125 Å². The molecule has 1 fully saturated rings. The highest BCUT2D eigenvalue weighted by atomic mass is 16.5. The topological polar surface area (TPSA) is 523 Å². The summed E-state index contributed by atoms with van der Waals surface area (Å²) in [5, 5.41) is 39.0. The van der Waals surface area contributed by atoms with Gasteiger partial charge in [-0.25, -0.2) is 0 Å². The lowest BCUT2D eigenvalue weighted by Crippen LogP contribution is -2.62. The molecule has 31 nitrogen and oxygen atoms in total. The van der Waals surface area contributed by atoms with Crippen LogP contribution in [0.4, 0.5) is 0 Å². The van der Waals surface area contributed by atoms with Gasteiger partial charge in [0, 0.05) is 19.4 Å². The Kier molecular flexibility index (Phi) is 35.8. The van der Waals surface area contributed by atoms with Gasteiger partial charge < -0.3 is 103 Å². The maximum Gasteiger partial charge on any atom is 0.322 e. The summed E-state index contributed by atoms with van der Waals surface area (Å²) in [5.74, 6) is -10.8. The molecule has 31 heteroatoms. The van der Waals surface area contributed by atoms with Gasteiger partial charge in [-0.1, -0.05) is 70.9 Å². The van der Waals surface area contributed by atoms with Crippen LogP contribution in [0.3, 0.4) is 0 Å². The van der Waals surface area contributed by atoms with Gasteiger partial charge >= 0.3 is 5.97 Å². The molecule has 0 bridgehead atoms. The van der Waals surface area contributed by atoms with Crippen molar-refractivity contribution in [2.45, 2.75) is 204 Å². The van der Waals surface area contributed by atoms with Gasteiger partial charge in [0.2, 0.25) is 65.0 Å². The molecule has 502 valence electrons. The van der Waals surface area contributed by atoms with Crippen molar-refractivity contribution in [2.75, 3.05) is 39.3 Å². The standard InChI is InChI=1S/C58H101N17O14/c1-31(2)13-11-12-16-45(77)66-37(17-23-59)52(82)75-47(35(7)89-58(88)33(5)64)57(87)71-40(20-26-62)49(79)70-42-22-28-65-56(86)46(34(6)76)74-53(83)41(21-27-63)68-48(78)38(18-24-60)69-54(84)43(29-32(3)4)72-55(85)44(30-36-14-9-8-10-15-36)73-50(80)39(19-25-61)67-51(42)81/h8-10,14-15,31-35,37-44,46-47,76H,11-13,16-30,59-64H2,1-7H3,(H,65,86)(H,66,77)(H,67,81)(H,68,78)(H,69,84)(H,70,79)(H,71,87)(H,72,85)(H,73,80)(H,74,83)(H,75,82)/t33-,34+,35+,37-,38-,39-,40-,41-,42-,43-,44+,46-,47-/m0/s1. The SMILES string of the molecule is CC(C)CCCCC(=O)N[C@@H](CCN)C(=O)N[C@H](C(=O)N[C@@H](CCN)C(=O)N[C@H]1CCNC(=O)[C@H]([C@@H](C)O)NC(=O)[C@H](CCN)NC(=O)[C@H](CCN)NC(=O)[C@H](CC(C)C)NC(=O)[C@@H](Cc2ccccc2)NC(=O)[C@H](CCN)NC1=O)[C@@H](C)OC(=O)[C@H](C)N. The van der Waals surface area contributed by atoms with E-state index in [4.69, 9.17) is 39.1 Å². The van der Waals surface area contributed by atoms with Crippen LogP contribution < -0.4 is 92.9 Å². The molecule has 1 saturated heterocycles. The lowest BCUT2D eigenvalue weighted by atomic mass is 10.00. The molecule has 1 heterocycles. The monoisotopic (exact) mass is 1260 g/mol. The summed E-state index contributed by atoms with van der Waals surface area (Å²) >= 11 is 0. The second kappa shape index (κ2) is 41.0. The summed E-state index contributed by atoms with van der Waals surface area (Å²) in [5.41, 5.74) is 35.8. The van der Waals surface area contributed by atoms with E-state index in [9.17, 15) is 62.6 Å². The highest BCUT2D eigenvalue weighted by molar-refractivity contribution is 5.99. The van der Waals surface area contributed by atoms with E-state index < -0.39 is 163 Å². The van der Waals surface area contributed by atoms with E-state index in [1.165, 1.54) is 20.8 Å². The number of aliphatic hydroxyl groups excluding tert-OH is 1. The van der Waals surface area contributed by atoms with E-state index in [0.717, 1.165) is 12.8 Å². The predicted octanol–water partition coefficient (Wildman–Crippen LogP) is -5.74. The zero-order chi connectivity index (χ0) is 66.9. The number of carbonyl (C=O) groups is 12. The highest BCUT2D eigenvalue weighted by Gasteiger charge is 2.39. The minimum atomic E-state index is -1.76. The number of rotatable bonds is 30. The molecule has 1 aromatic rings. The van der Waals surface area contributed by atoms with Gasteiger partial charge in [-0.3, -0.25) is 57.5 Å². The van der Waals surface area contributed by atoms with E-state index in [2.05, 4.69) is 72.3 Å². The molecule has 11 amide bonds. The highest BCUT2D eigenvalue weighted by Crippen LogP contribution is 2.13. The van der Waals surface area contributed by atoms with Crippen molar-refractivity contribution in [3.63, 3.8) is 0 Å². The minimum Gasteiger partial charge on any atom is -0.459 e. The van der Waals surface area contributed by atoms with Crippen molar-refractivity contribution in [1.82, 2.24) is 58.5 Å². The van der Waals surface area contributed by atoms with Crippen LogP contribution in [0, 0.1) is 11.8 Å². The van der Waals surface area contributed by atoms with E-state index >= 15 is 0 Å². The Balaban J connectivity index is 2.77. The number of esters is 1. The number of nitrogens with two attached hydrogens (primary N) is 6. The number of nitrogens with one attached hydrogen (secondary N) is 11. The Hall–Kier alpha value is -7.42. The second-order valence-corrected chi connectivity index (χ2v) is 23.1. The summed E-state index contributed by atoms with van der Waals surface area (Å²) in [6.45, 7) is 10.1. The van der Waals surface area contributed by atoms with Crippen LogP contribution in [0.5, 0.6) is 0 Å². The number of amides is 11. The molecule has 0 spiro atoms. The first-order valence-corrected chi connectivity index (χ1v) is 30.6. The van der Waals surface area contributed by atoms with Crippen LogP contribution in [-0.4, -0.2) is 194 Å². The normalized spacial score (nSPS) is 22.4. The molecular formula is C58H101N17O14. The summed E-state index contributed by atoms with van der Waals surface area (Å²) in [7, 11) is 0. The lowest BCUT2D eigenvalue weighted by Gasteiger charge is -2.30. The van der Waals surface area contributed by atoms with E-state index in [0.29, 0.717) is 17.9 Å². The molecule has 0 radical (unpaired) electrons. The Labute approximate surface area is 520 Å². The molecule has 2 rings (SSSR count). The van der Waals surface area contributed by atoms with E-state index in [-0.39, 0.29) is 90.0 Å². The number of hydrogen-bond acceptors (Lipinski definition) is 20. The Morgan fingerprint density at radius 2 is 1.06 bits per heavy atom. The van der Waals surface area contributed by atoms with Crippen molar-refractivity contribution in [2.24, 2.45) is 46.2 Å². The van der Waals surface area contributed by atoms with Crippen molar-refractivity contribution < 1.29 is 67.4 Å². The zero-order valence-corrected chi connectivity index (χ0v) is 52.5. The quantitative estimate of drug-likeness (QED) is 0.0252. The van der Waals surface area contributed by atoms with Gasteiger partial charge in [-0.2, -0.15) is 0 Å². The third-order valence-corrected chi connectivity index (χ3v) is 14.3. The van der Waals surface area contributed by atoms with Crippen molar-refractivity contribution in [3.05, 3.63) is 35.9 Å². The molecule has 0 aromatic heterocycles. The maximum absolute atomic E-state index is 14.7. The molecule has 1 aromatic carbocycles. The molecule has 1 aliphatic heterocycles. The first-order valence-electron chi connectivity index (χ1n) is 30.6. The van der Waals surface area contributed by atoms with Gasteiger partial charge in [0.25, 0.3) is 0 Å². The average molecular weight is 1260 g/mol. The Bertz CT molecular complexity index is 2470. The fraction of sp³-hybridized carbons (Fsp3) is 0.690. The van der Waals surface area contributed by atoms with Crippen LogP contribution in [0.15, 0.2) is 30.3 Å². The van der Waals surface area contributed by atoms with Crippen molar-refractivity contribution in [1.29, 1.82) is 0 Å². The Morgan fingerprint density at radius 3 is 1.56 bits per heavy atom. The first-order chi connectivity index (χ1) is 42.1. The number of carbonyl (C=O) groups excluding carboxylic acids is 12. The molecule has 24 N–H and O–H groups in total. The molecule has 0 saturated carbocycles. The first kappa shape index (κ1) is 77.7. The zero-order valence-electron chi connectivity index (χ0n) is 52.5. The van der Waals surface area contributed by atoms with Gasteiger partial charge in [-0.15, -0.1) is 0 Å². The molecule has 89 heavy (non-hydrogen) atoms. The fourth-order valence-corrected chi connectivity index (χ4v) is 9.33. The number of unbranched alkanes of at least 4 members (excludes halogenated alkanes) is 1. The van der Waals surface area contributed by atoms with Gasteiger partial charge in [0.05, 0.1) is 6.10 Å². The van der Waals surface area contributed by atoms with Crippen molar-refractivity contribution >= 4 is 70.9 Å². The van der Waals surface area contributed by atoms with Gasteiger partial charge in [-0.05, 0) is 122 Å². The molecule has 1 aliphatic rings. The van der Waals surface area contributed by atoms with Crippen LogP contribution >= 0.6 is 0 Å². The van der Waals surface area contributed by atoms with E-state index in [1.807, 2.05) is 0 Å². The third-order valence-electron chi connectivity index (χ3n) is 14.3. The molecule has 0 unspecified atom stereocenters. The van der Waals surface area contributed by atoms with Crippen LogP contribution in [0.2, 0.25) is 0 Å². The predicted molar refractivity (Wildman–Crippen MR) is 329 cm³/mol. The van der Waals surface area contributed by atoms with E-state index in [1.54, 1.807) is 44.2 Å².